The van der Waals surface area contributed by atoms with Crippen LogP contribution in [0.1, 0.15) is 5.82 Å². The number of benzene rings is 1. The second-order valence-corrected chi connectivity index (χ2v) is 4.35. The summed E-state index contributed by atoms with van der Waals surface area (Å²) < 4.78 is 20.7. The van der Waals surface area contributed by atoms with Crippen molar-refractivity contribution in [1.29, 1.82) is 0 Å². The second-order valence-electron chi connectivity index (χ2n) is 3.91. The fourth-order valence-electron chi connectivity index (χ4n) is 1.77. The van der Waals surface area contributed by atoms with E-state index in [1.807, 2.05) is 0 Å². The molecule has 0 aliphatic heterocycles. The lowest BCUT2D eigenvalue weighted by molar-refractivity contribution is 0.186. The molecule has 7 heteroatoms. The van der Waals surface area contributed by atoms with E-state index in [1.54, 1.807) is 23.8 Å². The van der Waals surface area contributed by atoms with Crippen molar-refractivity contribution >= 4 is 11.6 Å². The predicted octanol–water partition coefficient (Wildman–Crippen LogP) is 1.84. The van der Waals surface area contributed by atoms with Crippen molar-refractivity contribution in [3.63, 3.8) is 0 Å². The Morgan fingerprint density at radius 2 is 2.21 bits per heavy atom. The molecule has 0 saturated carbocycles. The molecule has 0 unspecified atom stereocenters. The van der Waals surface area contributed by atoms with E-state index in [9.17, 15) is 4.39 Å². The van der Waals surface area contributed by atoms with Gasteiger partial charge in [0.05, 0.1) is 18.7 Å². The van der Waals surface area contributed by atoms with Gasteiger partial charge < -0.3 is 15.0 Å². The van der Waals surface area contributed by atoms with Crippen molar-refractivity contribution in [3.8, 4) is 11.4 Å². The number of hydrogen-bond donors (Lipinski definition) is 1. The van der Waals surface area contributed by atoms with Crippen molar-refractivity contribution in [3.05, 3.63) is 34.9 Å². The van der Waals surface area contributed by atoms with Crippen LogP contribution in [0.5, 0.6) is 0 Å². The van der Waals surface area contributed by atoms with Crippen LogP contribution in [0.4, 0.5) is 4.39 Å². The Hall–Kier alpha value is -1.50. The lowest BCUT2D eigenvalue weighted by Gasteiger charge is -2.09. The highest BCUT2D eigenvalue weighted by Gasteiger charge is 2.16. The van der Waals surface area contributed by atoms with Gasteiger partial charge in [0.25, 0.3) is 0 Å². The highest BCUT2D eigenvalue weighted by atomic mass is 35.5. The van der Waals surface area contributed by atoms with E-state index in [-0.39, 0.29) is 6.54 Å². The molecule has 0 radical (unpaired) electrons. The molecular weight excluding hydrogens is 271 g/mol. The molecule has 0 spiro atoms. The van der Waals surface area contributed by atoms with Gasteiger partial charge in [-0.1, -0.05) is 11.6 Å². The van der Waals surface area contributed by atoms with Crippen LogP contribution in [-0.2, 0) is 17.8 Å². The number of hydrogen-bond acceptors (Lipinski definition) is 4. The first-order chi connectivity index (χ1) is 9.17. The van der Waals surface area contributed by atoms with E-state index in [0.717, 1.165) is 0 Å². The molecule has 0 atom stereocenters. The van der Waals surface area contributed by atoms with E-state index in [4.69, 9.17) is 22.1 Å². The van der Waals surface area contributed by atoms with Gasteiger partial charge in [0.1, 0.15) is 11.6 Å². The molecule has 0 saturated heterocycles. The Morgan fingerprint density at radius 1 is 1.42 bits per heavy atom. The molecule has 5 nitrogen and oxygen atoms in total. The zero-order chi connectivity index (χ0) is 13.8. The lowest BCUT2D eigenvalue weighted by atomic mass is 10.2. The molecule has 2 aromatic rings. The van der Waals surface area contributed by atoms with Gasteiger partial charge in [-0.3, -0.25) is 0 Å². The van der Waals surface area contributed by atoms with Gasteiger partial charge >= 0.3 is 0 Å². The van der Waals surface area contributed by atoms with Crippen molar-refractivity contribution in [1.82, 2.24) is 14.8 Å². The quantitative estimate of drug-likeness (QED) is 0.910. The number of aromatic nitrogens is 3. The summed E-state index contributed by atoms with van der Waals surface area (Å²) in [5, 5.41) is 8.29. The summed E-state index contributed by atoms with van der Waals surface area (Å²) in [4.78, 5) is 0. The summed E-state index contributed by atoms with van der Waals surface area (Å²) >= 11 is 5.74. The van der Waals surface area contributed by atoms with E-state index < -0.39 is 5.82 Å². The molecule has 0 bridgehead atoms. The Bertz CT molecular complexity index is 573. The maximum atomic E-state index is 13.9. The zero-order valence-corrected chi connectivity index (χ0v) is 11.2. The minimum atomic E-state index is -0.442. The van der Waals surface area contributed by atoms with E-state index in [2.05, 4.69) is 10.2 Å². The molecule has 1 heterocycles. The number of ether oxygens (including phenoxy) is 1. The SMILES string of the molecule is COCCn1c(CN)nnc1-c1ccc(Cl)cc1F. The van der Waals surface area contributed by atoms with Crippen molar-refractivity contribution in [2.75, 3.05) is 13.7 Å². The molecule has 19 heavy (non-hydrogen) atoms. The van der Waals surface area contributed by atoms with Gasteiger partial charge in [-0.2, -0.15) is 0 Å². The molecule has 0 fully saturated rings. The first kappa shape index (κ1) is 13.9. The van der Waals surface area contributed by atoms with Gasteiger partial charge in [0, 0.05) is 18.7 Å². The summed E-state index contributed by atoms with van der Waals surface area (Å²) in [5.74, 6) is 0.565. The van der Waals surface area contributed by atoms with Crippen LogP contribution < -0.4 is 5.73 Å². The summed E-state index contributed by atoms with van der Waals surface area (Å²) in [5.41, 5.74) is 5.94. The monoisotopic (exact) mass is 284 g/mol. The Morgan fingerprint density at radius 3 is 2.84 bits per heavy atom. The van der Waals surface area contributed by atoms with Gasteiger partial charge in [-0.25, -0.2) is 4.39 Å². The van der Waals surface area contributed by atoms with Gasteiger partial charge in [0.2, 0.25) is 0 Å². The Labute approximate surface area is 115 Å². The fourth-order valence-corrected chi connectivity index (χ4v) is 1.93. The number of nitrogens with zero attached hydrogens (tertiary/aromatic N) is 3. The molecule has 2 N–H and O–H groups in total. The molecule has 0 aliphatic rings. The number of halogens is 2. The van der Waals surface area contributed by atoms with Crippen LogP contribution >= 0.6 is 11.6 Å². The average Bonchev–Trinajstić information content (AvgIpc) is 2.79. The molecule has 0 aliphatic carbocycles. The zero-order valence-electron chi connectivity index (χ0n) is 10.4. The van der Waals surface area contributed by atoms with E-state index >= 15 is 0 Å². The van der Waals surface area contributed by atoms with Crippen LogP contribution in [0.25, 0.3) is 11.4 Å². The highest BCUT2D eigenvalue weighted by molar-refractivity contribution is 6.30. The van der Waals surface area contributed by atoms with Crippen LogP contribution in [0.3, 0.4) is 0 Å². The molecule has 0 amide bonds. The first-order valence-electron chi connectivity index (χ1n) is 5.74. The standard InChI is InChI=1S/C12H14ClFN4O/c1-19-5-4-18-11(7-15)16-17-12(18)9-3-2-8(13)6-10(9)14/h2-3,6H,4-5,7,15H2,1H3. The number of nitrogens with two attached hydrogens (primary N) is 1. The van der Waals surface area contributed by atoms with Crippen molar-refractivity contribution in [2.45, 2.75) is 13.1 Å². The third-order valence-electron chi connectivity index (χ3n) is 2.70. The fraction of sp³-hybridized carbons (Fsp3) is 0.333. The Balaban J connectivity index is 2.46. The lowest BCUT2D eigenvalue weighted by Crippen LogP contribution is -2.13. The van der Waals surface area contributed by atoms with Crippen molar-refractivity contribution in [2.24, 2.45) is 5.73 Å². The molecule has 1 aromatic carbocycles. The molecule has 1 aromatic heterocycles. The predicted molar refractivity (Wildman–Crippen MR) is 70.2 cm³/mol. The minimum absolute atomic E-state index is 0.228. The number of rotatable bonds is 5. The summed E-state index contributed by atoms with van der Waals surface area (Å²) in [6.07, 6.45) is 0. The van der Waals surface area contributed by atoms with E-state index in [0.29, 0.717) is 35.4 Å². The molecular formula is C12H14ClFN4O. The largest absolute Gasteiger partial charge is 0.383 e. The van der Waals surface area contributed by atoms with Gasteiger partial charge in [0.15, 0.2) is 5.82 Å². The van der Waals surface area contributed by atoms with Crippen LogP contribution in [0.15, 0.2) is 18.2 Å². The summed E-state index contributed by atoms with van der Waals surface area (Å²) in [6.45, 7) is 1.20. The topological polar surface area (TPSA) is 66.0 Å². The smallest absolute Gasteiger partial charge is 0.167 e. The summed E-state index contributed by atoms with van der Waals surface area (Å²) in [7, 11) is 1.59. The number of methoxy groups -OCH3 is 1. The van der Waals surface area contributed by atoms with Crippen LogP contribution in [0, 0.1) is 5.82 Å². The van der Waals surface area contributed by atoms with Crippen LogP contribution in [0.2, 0.25) is 5.02 Å². The first-order valence-corrected chi connectivity index (χ1v) is 6.11. The van der Waals surface area contributed by atoms with Gasteiger partial charge in [-0.15, -0.1) is 10.2 Å². The van der Waals surface area contributed by atoms with Crippen LogP contribution in [-0.4, -0.2) is 28.5 Å². The Kier molecular flexibility index (Phi) is 4.47. The maximum absolute atomic E-state index is 13.9. The molecule has 2 rings (SSSR count). The normalized spacial score (nSPS) is 10.9. The third kappa shape index (κ3) is 2.91. The second kappa shape index (κ2) is 6.10. The van der Waals surface area contributed by atoms with Gasteiger partial charge in [-0.05, 0) is 18.2 Å². The van der Waals surface area contributed by atoms with Crippen molar-refractivity contribution < 1.29 is 9.13 Å². The minimum Gasteiger partial charge on any atom is -0.383 e. The summed E-state index contributed by atoms with van der Waals surface area (Å²) in [6, 6.07) is 4.43. The van der Waals surface area contributed by atoms with E-state index in [1.165, 1.54) is 6.07 Å². The average molecular weight is 285 g/mol. The maximum Gasteiger partial charge on any atom is 0.167 e. The third-order valence-corrected chi connectivity index (χ3v) is 2.94. The highest BCUT2D eigenvalue weighted by Crippen LogP contribution is 2.24. The molecule has 102 valence electrons.